The van der Waals surface area contributed by atoms with Crippen LogP contribution in [0.4, 0.5) is 5.13 Å². The van der Waals surface area contributed by atoms with Crippen molar-refractivity contribution < 1.29 is 15.3 Å². The predicted molar refractivity (Wildman–Crippen MR) is 94.8 cm³/mol. The summed E-state index contributed by atoms with van der Waals surface area (Å²) in [6, 6.07) is 12.1. The Morgan fingerprint density at radius 2 is 1.75 bits per heavy atom. The fourth-order valence-corrected chi connectivity index (χ4v) is 2.88. The average molecular weight is 341 g/mol. The number of aromatic hydroxyl groups is 3. The monoisotopic (exact) mass is 341 g/mol. The molecule has 3 aromatic rings. The molecule has 2 aromatic carbocycles. The molecule has 0 aliphatic carbocycles. The number of hydrogen-bond donors (Lipinski definition) is 4. The smallest absolute Gasteiger partial charge is 0.203 e. The lowest BCUT2D eigenvalue weighted by Crippen LogP contribution is -2.00. The Balaban J connectivity index is 1.80. The third-order valence-corrected chi connectivity index (χ3v) is 4.08. The summed E-state index contributed by atoms with van der Waals surface area (Å²) in [4.78, 5) is 4.44. The molecule has 0 radical (unpaired) electrons. The number of benzene rings is 2. The maximum atomic E-state index is 9.85. The molecule has 6 nitrogen and oxygen atoms in total. The number of nitrogens with one attached hydrogen (secondary N) is 1. The van der Waals surface area contributed by atoms with Crippen molar-refractivity contribution >= 4 is 22.2 Å². The summed E-state index contributed by atoms with van der Waals surface area (Å²) in [5.74, 6) is -0.721. The van der Waals surface area contributed by atoms with E-state index in [0.29, 0.717) is 10.8 Å². The van der Waals surface area contributed by atoms with Gasteiger partial charge in [0.05, 0.1) is 17.0 Å². The lowest BCUT2D eigenvalue weighted by molar-refractivity contribution is 0.426. The highest BCUT2D eigenvalue weighted by Crippen LogP contribution is 2.32. The molecule has 0 saturated heterocycles. The molecule has 7 heteroatoms. The number of hydrazone groups is 1. The van der Waals surface area contributed by atoms with E-state index in [1.54, 1.807) is 6.92 Å². The highest BCUT2D eigenvalue weighted by atomic mass is 32.1. The number of anilines is 1. The highest BCUT2D eigenvalue weighted by Gasteiger charge is 2.13. The number of aromatic nitrogens is 1. The van der Waals surface area contributed by atoms with Crippen LogP contribution in [0.1, 0.15) is 12.5 Å². The van der Waals surface area contributed by atoms with Gasteiger partial charge in [-0.15, -0.1) is 11.3 Å². The fraction of sp³-hybridized carbons (Fsp3) is 0.0588. The second-order valence-electron chi connectivity index (χ2n) is 5.07. The Morgan fingerprint density at radius 1 is 1.08 bits per heavy atom. The summed E-state index contributed by atoms with van der Waals surface area (Å²) < 4.78 is 0. The Hall–Kier alpha value is -3.06. The molecule has 0 bridgehead atoms. The van der Waals surface area contributed by atoms with Crippen molar-refractivity contribution in [3.63, 3.8) is 0 Å². The maximum Gasteiger partial charge on any atom is 0.203 e. The Kier molecular flexibility index (Phi) is 4.35. The van der Waals surface area contributed by atoms with Crippen molar-refractivity contribution in [2.45, 2.75) is 6.92 Å². The molecule has 4 N–H and O–H groups in total. The number of phenols is 3. The molecular weight excluding hydrogens is 326 g/mol. The number of rotatable bonds is 4. The van der Waals surface area contributed by atoms with Crippen molar-refractivity contribution in [1.82, 2.24) is 4.98 Å². The largest absolute Gasteiger partial charge is 0.508 e. The van der Waals surface area contributed by atoms with Gasteiger partial charge in [0.15, 0.2) is 0 Å². The van der Waals surface area contributed by atoms with E-state index in [1.807, 2.05) is 35.7 Å². The van der Waals surface area contributed by atoms with Gasteiger partial charge in [0.25, 0.3) is 0 Å². The number of thiazole rings is 1. The summed E-state index contributed by atoms with van der Waals surface area (Å²) in [6.07, 6.45) is 0. The van der Waals surface area contributed by atoms with Crippen molar-refractivity contribution in [2.24, 2.45) is 5.10 Å². The van der Waals surface area contributed by atoms with Crippen LogP contribution in [-0.4, -0.2) is 26.0 Å². The van der Waals surface area contributed by atoms with Crippen LogP contribution in [-0.2, 0) is 0 Å². The lowest BCUT2D eigenvalue weighted by Gasteiger charge is -2.07. The summed E-state index contributed by atoms with van der Waals surface area (Å²) in [5, 5.41) is 35.7. The molecule has 0 saturated carbocycles. The number of hydrogen-bond acceptors (Lipinski definition) is 7. The Labute approximate surface area is 142 Å². The molecule has 0 aliphatic heterocycles. The van der Waals surface area contributed by atoms with E-state index < -0.39 is 0 Å². The van der Waals surface area contributed by atoms with Crippen LogP contribution in [0, 0.1) is 0 Å². The van der Waals surface area contributed by atoms with Crippen LogP contribution in [0.15, 0.2) is 52.9 Å². The number of phenolic OH excluding ortho intramolecular Hbond substituents is 3. The van der Waals surface area contributed by atoms with Gasteiger partial charge in [-0.05, 0) is 6.92 Å². The summed E-state index contributed by atoms with van der Waals surface area (Å²) in [7, 11) is 0. The first-order valence-corrected chi connectivity index (χ1v) is 7.99. The lowest BCUT2D eigenvalue weighted by atomic mass is 10.1. The van der Waals surface area contributed by atoms with Gasteiger partial charge >= 0.3 is 0 Å². The second-order valence-corrected chi connectivity index (χ2v) is 5.93. The standard InChI is InChI=1S/C17H15N3O3S/c1-10(16-14(22)7-12(21)8-15(16)23)19-20-17-18-13(9-24-17)11-5-3-2-4-6-11/h2-9,21-23H,1H3,(H,18,20)/b19-10-. The molecule has 24 heavy (non-hydrogen) atoms. The van der Waals surface area contributed by atoms with Crippen LogP contribution >= 0.6 is 11.3 Å². The van der Waals surface area contributed by atoms with Crippen LogP contribution in [0.25, 0.3) is 11.3 Å². The van der Waals surface area contributed by atoms with Gasteiger partial charge in [-0.1, -0.05) is 30.3 Å². The first kappa shape index (κ1) is 15.8. The topological polar surface area (TPSA) is 98.0 Å². The van der Waals surface area contributed by atoms with E-state index in [-0.39, 0.29) is 22.8 Å². The maximum absolute atomic E-state index is 9.85. The Morgan fingerprint density at radius 3 is 2.42 bits per heavy atom. The van der Waals surface area contributed by atoms with Crippen LogP contribution < -0.4 is 5.43 Å². The third kappa shape index (κ3) is 3.31. The van der Waals surface area contributed by atoms with Gasteiger partial charge in [-0.3, -0.25) is 5.43 Å². The van der Waals surface area contributed by atoms with Crippen molar-refractivity contribution in [3.05, 3.63) is 53.4 Å². The molecule has 3 rings (SSSR count). The van der Waals surface area contributed by atoms with E-state index >= 15 is 0 Å². The zero-order valence-corrected chi connectivity index (χ0v) is 13.6. The Bertz CT molecular complexity index is 868. The molecule has 122 valence electrons. The van der Waals surface area contributed by atoms with Crippen LogP contribution in [0.5, 0.6) is 17.2 Å². The predicted octanol–water partition coefficient (Wildman–Crippen LogP) is 3.76. The van der Waals surface area contributed by atoms with E-state index in [9.17, 15) is 15.3 Å². The third-order valence-electron chi connectivity index (χ3n) is 3.34. The first-order valence-electron chi connectivity index (χ1n) is 7.11. The number of nitrogens with zero attached hydrogens (tertiary/aromatic N) is 2. The van der Waals surface area contributed by atoms with E-state index in [0.717, 1.165) is 23.4 Å². The van der Waals surface area contributed by atoms with Crippen molar-refractivity contribution in [1.29, 1.82) is 0 Å². The van der Waals surface area contributed by atoms with Gasteiger partial charge in [0.2, 0.25) is 5.13 Å². The van der Waals surface area contributed by atoms with Crippen LogP contribution in [0.2, 0.25) is 0 Å². The summed E-state index contributed by atoms with van der Waals surface area (Å²) >= 11 is 1.40. The molecule has 0 atom stereocenters. The average Bonchev–Trinajstić information content (AvgIpc) is 3.02. The second kappa shape index (κ2) is 6.59. The van der Waals surface area contributed by atoms with Gasteiger partial charge in [0.1, 0.15) is 17.2 Å². The molecule has 0 unspecified atom stereocenters. The van der Waals surface area contributed by atoms with Gasteiger partial charge in [-0.25, -0.2) is 4.98 Å². The first-order chi connectivity index (χ1) is 11.5. The summed E-state index contributed by atoms with van der Waals surface area (Å²) in [5.41, 5.74) is 5.18. The molecule has 1 aromatic heterocycles. The van der Waals surface area contributed by atoms with Gasteiger partial charge in [0, 0.05) is 23.1 Å². The zero-order chi connectivity index (χ0) is 17.1. The fourth-order valence-electron chi connectivity index (χ4n) is 2.22. The summed E-state index contributed by atoms with van der Waals surface area (Å²) in [6.45, 7) is 1.63. The zero-order valence-electron chi connectivity index (χ0n) is 12.8. The molecule has 0 spiro atoms. The van der Waals surface area contributed by atoms with Gasteiger partial charge < -0.3 is 15.3 Å². The molecule has 0 aliphatic rings. The minimum Gasteiger partial charge on any atom is -0.508 e. The molecule has 0 fully saturated rings. The van der Waals surface area contributed by atoms with E-state index in [1.165, 1.54) is 11.3 Å². The van der Waals surface area contributed by atoms with Crippen LogP contribution in [0.3, 0.4) is 0 Å². The molecule has 1 heterocycles. The van der Waals surface area contributed by atoms with Crippen molar-refractivity contribution in [3.8, 4) is 28.5 Å². The molecule has 0 amide bonds. The quantitative estimate of drug-likeness (QED) is 0.428. The minimum absolute atomic E-state index is 0.153. The molecular formula is C17H15N3O3S. The normalized spacial score (nSPS) is 11.5. The van der Waals surface area contributed by atoms with E-state index in [4.69, 9.17) is 0 Å². The SMILES string of the molecule is C/C(=N/Nc1nc(-c2ccccc2)cs1)c1c(O)cc(O)cc1O. The van der Waals surface area contributed by atoms with E-state index in [2.05, 4.69) is 15.5 Å². The van der Waals surface area contributed by atoms with Gasteiger partial charge in [-0.2, -0.15) is 5.10 Å². The highest BCUT2D eigenvalue weighted by molar-refractivity contribution is 7.14. The minimum atomic E-state index is -0.250. The van der Waals surface area contributed by atoms with Crippen molar-refractivity contribution in [2.75, 3.05) is 5.43 Å².